The maximum atomic E-state index is 9.70. The number of hydrogen-bond donors (Lipinski definition) is 3. The highest BCUT2D eigenvalue weighted by Gasteiger charge is 2.41. The third kappa shape index (κ3) is 5.48. The molecule has 0 amide bonds. The molecule has 0 spiro atoms. The van der Waals surface area contributed by atoms with E-state index >= 15 is 0 Å². The van der Waals surface area contributed by atoms with Crippen molar-refractivity contribution in [3.05, 3.63) is 12.3 Å². The van der Waals surface area contributed by atoms with Crippen LogP contribution in [0, 0.1) is 0 Å². The smallest absolute Gasteiger partial charge is 0.154 e. The Kier molecular flexibility index (Phi) is 8.05. The molecule has 0 aromatic heterocycles. The molecule has 1 aliphatic heterocycles. The van der Waals surface area contributed by atoms with E-state index in [0.29, 0.717) is 0 Å². The molecule has 1 aliphatic rings. The zero-order chi connectivity index (χ0) is 14.1. The van der Waals surface area contributed by atoms with Gasteiger partial charge in [0.05, 0.1) is 19.5 Å². The van der Waals surface area contributed by atoms with E-state index in [1.165, 1.54) is 19.3 Å². The summed E-state index contributed by atoms with van der Waals surface area (Å²) in [6.45, 7) is 1.89. The largest absolute Gasteiger partial charge is 0.493 e. The summed E-state index contributed by atoms with van der Waals surface area (Å²) < 4.78 is 10.7. The van der Waals surface area contributed by atoms with Gasteiger partial charge >= 0.3 is 0 Å². The van der Waals surface area contributed by atoms with Crippen LogP contribution in [0.15, 0.2) is 12.3 Å². The van der Waals surface area contributed by atoms with Gasteiger partial charge in [0.2, 0.25) is 0 Å². The van der Waals surface area contributed by atoms with E-state index in [4.69, 9.17) is 14.6 Å². The Balaban J connectivity index is 2.27. The summed E-state index contributed by atoms with van der Waals surface area (Å²) in [5, 5.41) is 28.2. The van der Waals surface area contributed by atoms with Crippen molar-refractivity contribution >= 4 is 0 Å². The quantitative estimate of drug-likeness (QED) is 0.431. The van der Waals surface area contributed by atoms with Crippen LogP contribution in [-0.2, 0) is 9.47 Å². The van der Waals surface area contributed by atoms with Crippen LogP contribution < -0.4 is 0 Å². The van der Waals surface area contributed by atoms with Crippen LogP contribution in [0.2, 0.25) is 0 Å². The second kappa shape index (κ2) is 9.31. The lowest BCUT2D eigenvalue weighted by Gasteiger charge is -2.22. The van der Waals surface area contributed by atoms with E-state index in [-0.39, 0.29) is 6.61 Å². The fourth-order valence-corrected chi connectivity index (χ4v) is 2.12. The number of ether oxygens (including phenoxy) is 2. The summed E-state index contributed by atoms with van der Waals surface area (Å²) in [6, 6.07) is 0. The van der Waals surface area contributed by atoms with Gasteiger partial charge in [-0.25, -0.2) is 0 Å². The molecule has 4 atom stereocenters. The SMILES string of the molecule is CCCCCC/C=C/O[C@@H]1[C@H]([C@H](O)CO)OC[C@@H]1O. The zero-order valence-electron chi connectivity index (χ0n) is 11.6. The summed E-state index contributed by atoms with van der Waals surface area (Å²) in [7, 11) is 0. The third-order valence-corrected chi connectivity index (χ3v) is 3.29. The highest BCUT2D eigenvalue weighted by atomic mass is 16.6. The molecule has 0 bridgehead atoms. The standard InChI is InChI=1S/C14H26O5/c1-2-3-4-5-6-7-8-18-14-12(17)10-19-13(14)11(16)9-15/h7-8,11-17H,2-6,9-10H2,1H3/b8-7+/t11-,12+,13+,14+/m1/s1. The van der Waals surface area contributed by atoms with Gasteiger partial charge in [0.1, 0.15) is 18.3 Å². The number of hydrogen-bond acceptors (Lipinski definition) is 5. The Bertz CT molecular complexity index is 256. The highest BCUT2D eigenvalue weighted by molar-refractivity contribution is 4.91. The molecule has 0 aromatic rings. The normalized spacial score (nSPS) is 28.9. The van der Waals surface area contributed by atoms with Gasteiger partial charge in [0.15, 0.2) is 6.10 Å². The molecular weight excluding hydrogens is 248 g/mol. The van der Waals surface area contributed by atoms with Crippen LogP contribution in [0.5, 0.6) is 0 Å². The molecule has 1 saturated heterocycles. The first-order valence-corrected chi connectivity index (χ1v) is 7.09. The topological polar surface area (TPSA) is 79.2 Å². The lowest BCUT2D eigenvalue weighted by molar-refractivity contribution is -0.0721. The number of aliphatic hydroxyl groups excluding tert-OH is 3. The Morgan fingerprint density at radius 1 is 1.37 bits per heavy atom. The predicted molar refractivity (Wildman–Crippen MR) is 71.6 cm³/mol. The van der Waals surface area contributed by atoms with Crippen LogP contribution in [0.3, 0.4) is 0 Å². The average molecular weight is 274 g/mol. The van der Waals surface area contributed by atoms with Gasteiger partial charge in [0, 0.05) is 0 Å². The molecule has 0 radical (unpaired) electrons. The van der Waals surface area contributed by atoms with Crippen molar-refractivity contribution in [2.45, 2.75) is 63.4 Å². The first-order chi connectivity index (χ1) is 9.20. The van der Waals surface area contributed by atoms with E-state index in [1.54, 1.807) is 6.26 Å². The fourth-order valence-electron chi connectivity index (χ4n) is 2.12. The van der Waals surface area contributed by atoms with E-state index in [1.807, 2.05) is 6.08 Å². The van der Waals surface area contributed by atoms with Gasteiger partial charge in [-0.05, 0) is 18.9 Å². The molecule has 1 fully saturated rings. The minimum Gasteiger partial charge on any atom is -0.493 e. The van der Waals surface area contributed by atoms with Gasteiger partial charge in [-0.3, -0.25) is 0 Å². The molecule has 0 saturated carbocycles. The fraction of sp³-hybridized carbons (Fsp3) is 0.857. The Hall–Kier alpha value is -0.620. The molecule has 19 heavy (non-hydrogen) atoms. The van der Waals surface area contributed by atoms with Crippen LogP contribution >= 0.6 is 0 Å². The first kappa shape index (κ1) is 16.4. The maximum Gasteiger partial charge on any atom is 0.154 e. The van der Waals surface area contributed by atoms with Crippen molar-refractivity contribution in [1.82, 2.24) is 0 Å². The monoisotopic (exact) mass is 274 g/mol. The van der Waals surface area contributed by atoms with Gasteiger partial charge in [0.25, 0.3) is 0 Å². The second-order valence-corrected chi connectivity index (χ2v) is 4.94. The minimum atomic E-state index is -1.03. The summed E-state index contributed by atoms with van der Waals surface area (Å²) in [6.07, 6.45) is 6.13. The maximum absolute atomic E-state index is 9.70. The molecule has 112 valence electrons. The van der Waals surface area contributed by atoms with Crippen molar-refractivity contribution in [2.75, 3.05) is 13.2 Å². The van der Waals surface area contributed by atoms with E-state index in [2.05, 4.69) is 6.92 Å². The van der Waals surface area contributed by atoms with Crippen LogP contribution in [0.1, 0.15) is 39.0 Å². The minimum absolute atomic E-state index is 0.122. The summed E-state index contributed by atoms with van der Waals surface area (Å²) in [5.74, 6) is 0. The lowest BCUT2D eigenvalue weighted by Crippen LogP contribution is -2.41. The highest BCUT2D eigenvalue weighted by Crippen LogP contribution is 2.21. The number of aliphatic hydroxyl groups is 3. The summed E-state index contributed by atoms with van der Waals surface area (Å²) >= 11 is 0. The molecule has 0 aliphatic carbocycles. The van der Waals surface area contributed by atoms with E-state index in [9.17, 15) is 10.2 Å². The van der Waals surface area contributed by atoms with E-state index < -0.39 is 31.0 Å². The molecular formula is C14H26O5. The molecule has 5 heteroatoms. The Morgan fingerprint density at radius 2 is 2.16 bits per heavy atom. The molecule has 5 nitrogen and oxygen atoms in total. The summed E-state index contributed by atoms with van der Waals surface area (Å²) in [5.41, 5.74) is 0. The number of rotatable bonds is 9. The molecule has 3 N–H and O–H groups in total. The predicted octanol–water partition coefficient (Wildman–Crippen LogP) is 0.969. The molecule has 1 heterocycles. The zero-order valence-corrected chi connectivity index (χ0v) is 11.6. The van der Waals surface area contributed by atoms with Crippen LogP contribution in [0.4, 0.5) is 0 Å². The van der Waals surface area contributed by atoms with Crippen molar-refractivity contribution in [2.24, 2.45) is 0 Å². The Labute approximate surface area is 114 Å². The average Bonchev–Trinajstić information content (AvgIpc) is 2.78. The van der Waals surface area contributed by atoms with Gasteiger partial charge in [-0.2, -0.15) is 0 Å². The van der Waals surface area contributed by atoms with E-state index in [0.717, 1.165) is 12.8 Å². The van der Waals surface area contributed by atoms with Gasteiger partial charge in [-0.1, -0.05) is 26.2 Å². The molecule has 1 rings (SSSR count). The third-order valence-electron chi connectivity index (χ3n) is 3.29. The number of allylic oxidation sites excluding steroid dienone is 1. The van der Waals surface area contributed by atoms with Crippen LogP contribution in [-0.4, -0.2) is 52.9 Å². The van der Waals surface area contributed by atoms with Crippen LogP contribution in [0.25, 0.3) is 0 Å². The molecule has 0 unspecified atom stereocenters. The van der Waals surface area contributed by atoms with Crippen molar-refractivity contribution in [3.8, 4) is 0 Å². The van der Waals surface area contributed by atoms with Crippen molar-refractivity contribution in [3.63, 3.8) is 0 Å². The first-order valence-electron chi connectivity index (χ1n) is 7.09. The summed E-state index contributed by atoms with van der Waals surface area (Å²) in [4.78, 5) is 0. The van der Waals surface area contributed by atoms with Gasteiger partial charge in [-0.15, -0.1) is 0 Å². The lowest BCUT2D eigenvalue weighted by atomic mass is 10.1. The Morgan fingerprint density at radius 3 is 2.84 bits per heavy atom. The van der Waals surface area contributed by atoms with Gasteiger partial charge < -0.3 is 24.8 Å². The van der Waals surface area contributed by atoms with Crippen molar-refractivity contribution in [1.29, 1.82) is 0 Å². The molecule has 0 aromatic carbocycles. The number of unbranched alkanes of at least 4 members (excludes halogenated alkanes) is 4. The second-order valence-electron chi connectivity index (χ2n) is 4.94. The van der Waals surface area contributed by atoms with Crippen molar-refractivity contribution < 1.29 is 24.8 Å².